The van der Waals surface area contributed by atoms with Crippen molar-refractivity contribution in [3.05, 3.63) is 46.0 Å². The second-order valence-electron chi connectivity index (χ2n) is 6.45. The zero-order valence-electron chi connectivity index (χ0n) is 17.8. The van der Waals surface area contributed by atoms with Crippen molar-refractivity contribution in [3.63, 3.8) is 0 Å². The van der Waals surface area contributed by atoms with Gasteiger partial charge in [0.1, 0.15) is 5.52 Å². The van der Waals surface area contributed by atoms with Crippen LogP contribution in [0.15, 0.2) is 29.2 Å². The summed E-state index contributed by atoms with van der Waals surface area (Å²) >= 11 is 0. The molecule has 138 valence electrons. The van der Waals surface area contributed by atoms with E-state index in [0.717, 1.165) is 12.8 Å². The van der Waals surface area contributed by atoms with E-state index >= 15 is 0 Å². The number of aryl methyl sites for hydroxylation is 2. The average molecular weight is 367 g/mol. The minimum absolute atomic E-state index is 0.00484. The number of benzene rings is 1. The molecule has 3 heterocycles. The summed E-state index contributed by atoms with van der Waals surface area (Å²) in [6, 6.07) is 6.34. The lowest BCUT2D eigenvalue weighted by molar-refractivity contribution is 0.0695. The van der Waals surface area contributed by atoms with Gasteiger partial charge in [0.05, 0.1) is 17.8 Å². The topological polar surface area (TPSA) is 97.8 Å². The summed E-state index contributed by atoms with van der Waals surface area (Å²) in [4.78, 5) is 21.6. The van der Waals surface area contributed by atoms with Crippen LogP contribution in [0.5, 0.6) is 0 Å². The van der Waals surface area contributed by atoms with E-state index in [1.54, 1.807) is 23.9 Å². The average Bonchev–Trinajstić information content (AvgIpc) is 2.98. The number of rotatable bonds is 3. The van der Waals surface area contributed by atoms with Crippen LogP contribution in [-0.4, -0.2) is 32.3 Å². The standard InChI is InChI=1S/C19H20N6O2/c1-12-9-14(4-3-13(12)10-20)22-18-21-11-16-17(23-18)25(19(26)24(16)2)15-5-7-27-8-6-15/h3-4,9,11,15H,5-8H2,1-2H3,(H,21,22,23)/i1D3. The van der Waals surface area contributed by atoms with Crippen LogP contribution < -0.4 is 11.0 Å². The van der Waals surface area contributed by atoms with Gasteiger partial charge >= 0.3 is 5.69 Å². The normalized spacial score (nSPS) is 17.1. The molecule has 0 saturated carbocycles. The summed E-state index contributed by atoms with van der Waals surface area (Å²) in [7, 11) is 1.68. The Bertz CT molecular complexity index is 1200. The van der Waals surface area contributed by atoms with E-state index in [9.17, 15) is 10.1 Å². The maximum Gasteiger partial charge on any atom is 0.330 e. The van der Waals surface area contributed by atoms with Crippen LogP contribution in [0, 0.1) is 18.2 Å². The molecule has 8 heteroatoms. The van der Waals surface area contributed by atoms with Gasteiger partial charge in [-0.3, -0.25) is 9.13 Å². The van der Waals surface area contributed by atoms with Gasteiger partial charge in [0.25, 0.3) is 0 Å². The monoisotopic (exact) mass is 367 g/mol. The molecule has 1 aliphatic rings. The molecule has 0 spiro atoms. The fourth-order valence-electron chi connectivity index (χ4n) is 3.32. The molecule has 27 heavy (non-hydrogen) atoms. The van der Waals surface area contributed by atoms with Crippen LogP contribution in [0.3, 0.4) is 0 Å². The summed E-state index contributed by atoms with van der Waals surface area (Å²) < 4.78 is 31.5. The van der Waals surface area contributed by atoms with E-state index in [4.69, 9.17) is 8.85 Å². The van der Waals surface area contributed by atoms with Gasteiger partial charge < -0.3 is 10.1 Å². The number of aromatic nitrogens is 4. The van der Waals surface area contributed by atoms with Gasteiger partial charge in [0.15, 0.2) is 5.65 Å². The number of nitriles is 1. The minimum atomic E-state index is -2.42. The predicted molar refractivity (Wildman–Crippen MR) is 101 cm³/mol. The molecule has 8 nitrogen and oxygen atoms in total. The summed E-state index contributed by atoms with van der Waals surface area (Å²) in [5.41, 5.74) is 1.45. The first-order valence-corrected chi connectivity index (χ1v) is 8.63. The Balaban J connectivity index is 1.74. The lowest BCUT2D eigenvalue weighted by Gasteiger charge is -2.22. The molecule has 3 aromatic rings. The SMILES string of the molecule is [2H]C([2H])([2H])c1cc(Nc2ncc3c(n2)n(C2CCOCC2)c(=O)n3C)ccc1C#N. The number of nitrogens with zero attached hydrogens (tertiary/aromatic N) is 5. The third-order valence-electron chi connectivity index (χ3n) is 4.78. The number of fused-ring (bicyclic) bond motifs is 1. The van der Waals surface area contributed by atoms with E-state index < -0.39 is 6.85 Å². The van der Waals surface area contributed by atoms with Crippen LogP contribution in [0.2, 0.25) is 0 Å². The van der Waals surface area contributed by atoms with Crippen molar-refractivity contribution >= 4 is 22.8 Å². The Hall–Kier alpha value is -3.18. The second-order valence-corrected chi connectivity index (χ2v) is 6.45. The van der Waals surface area contributed by atoms with Crippen molar-refractivity contribution in [2.75, 3.05) is 18.5 Å². The highest BCUT2D eigenvalue weighted by Crippen LogP contribution is 2.24. The Morgan fingerprint density at radius 3 is 2.96 bits per heavy atom. The highest BCUT2D eigenvalue weighted by Gasteiger charge is 2.23. The molecule has 0 atom stereocenters. The van der Waals surface area contributed by atoms with Gasteiger partial charge in [-0.2, -0.15) is 10.2 Å². The highest BCUT2D eigenvalue weighted by atomic mass is 16.5. The maximum absolute atomic E-state index is 12.8. The molecule has 1 fully saturated rings. The third kappa shape index (κ3) is 3.06. The van der Waals surface area contributed by atoms with E-state index in [2.05, 4.69) is 15.3 Å². The van der Waals surface area contributed by atoms with Crippen molar-refractivity contribution in [2.24, 2.45) is 7.05 Å². The fraction of sp³-hybridized carbons (Fsp3) is 0.368. The van der Waals surface area contributed by atoms with Crippen molar-refractivity contribution in [1.82, 2.24) is 19.1 Å². The summed E-state index contributed by atoms with van der Waals surface area (Å²) in [6.07, 6.45) is 3.02. The molecule has 0 unspecified atom stereocenters. The van der Waals surface area contributed by atoms with Crippen LogP contribution in [0.4, 0.5) is 11.6 Å². The summed E-state index contributed by atoms with van der Waals surface area (Å²) in [6.45, 7) is -1.24. The quantitative estimate of drug-likeness (QED) is 0.763. The molecule has 0 radical (unpaired) electrons. The van der Waals surface area contributed by atoms with Crippen LogP contribution in [-0.2, 0) is 11.8 Å². The number of nitrogens with one attached hydrogen (secondary N) is 1. The van der Waals surface area contributed by atoms with E-state index in [0.29, 0.717) is 30.1 Å². The smallest absolute Gasteiger partial charge is 0.330 e. The van der Waals surface area contributed by atoms with Gasteiger partial charge in [-0.15, -0.1) is 0 Å². The molecule has 1 saturated heterocycles. The molecule has 0 bridgehead atoms. The fourth-order valence-corrected chi connectivity index (χ4v) is 3.32. The molecule has 1 aliphatic heterocycles. The zero-order chi connectivity index (χ0) is 21.5. The molecule has 1 N–H and O–H groups in total. The van der Waals surface area contributed by atoms with Crippen LogP contribution in [0.25, 0.3) is 11.2 Å². The first-order chi connectivity index (χ1) is 14.3. The van der Waals surface area contributed by atoms with E-state index in [-0.39, 0.29) is 28.8 Å². The molecule has 4 rings (SSSR count). The van der Waals surface area contributed by atoms with Gasteiger partial charge in [-0.25, -0.2) is 9.78 Å². The summed E-state index contributed by atoms with van der Waals surface area (Å²) in [5, 5.41) is 12.2. The van der Waals surface area contributed by atoms with Gasteiger partial charge in [-0.1, -0.05) is 0 Å². The number of anilines is 2. The highest BCUT2D eigenvalue weighted by molar-refractivity contribution is 5.73. The Labute approximate surface area is 160 Å². The lowest BCUT2D eigenvalue weighted by atomic mass is 10.1. The minimum Gasteiger partial charge on any atom is -0.381 e. The Morgan fingerprint density at radius 1 is 1.41 bits per heavy atom. The van der Waals surface area contributed by atoms with Crippen molar-refractivity contribution in [3.8, 4) is 6.07 Å². The Kier molecular flexibility index (Phi) is 3.54. The predicted octanol–water partition coefficient (Wildman–Crippen LogP) is 2.41. The molecule has 0 aliphatic carbocycles. The number of ether oxygens (including phenoxy) is 1. The third-order valence-corrected chi connectivity index (χ3v) is 4.78. The number of imidazole rings is 1. The van der Waals surface area contributed by atoms with Gasteiger partial charge in [0, 0.05) is 36.1 Å². The first-order valence-electron chi connectivity index (χ1n) is 10.1. The zero-order valence-corrected chi connectivity index (χ0v) is 14.8. The van der Waals surface area contributed by atoms with Gasteiger partial charge in [0.2, 0.25) is 5.95 Å². The van der Waals surface area contributed by atoms with Crippen molar-refractivity contribution in [2.45, 2.75) is 25.7 Å². The number of hydrogen-bond donors (Lipinski definition) is 1. The molecule has 2 aromatic heterocycles. The maximum atomic E-state index is 12.8. The van der Waals surface area contributed by atoms with Crippen molar-refractivity contribution < 1.29 is 8.85 Å². The molecule has 0 amide bonds. The van der Waals surface area contributed by atoms with E-state index in [1.165, 1.54) is 16.7 Å². The lowest BCUT2D eigenvalue weighted by Crippen LogP contribution is -2.30. The van der Waals surface area contributed by atoms with Crippen molar-refractivity contribution in [1.29, 1.82) is 5.26 Å². The molecule has 1 aromatic carbocycles. The first kappa shape index (κ1) is 13.9. The van der Waals surface area contributed by atoms with E-state index in [1.807, 2.05) is 6.07 Å². The van der Waals surface area contributed by atoms with Gasteiger partial charge in [-0.05, 0) is 43.5 Å². The number of hydrogen-bond acceptors (Lipinski definition) is 6. The molecular formula is C19H20N6O2. The summed E-state index contributed by atoms with van der Waals surface area (Å²) in [5.74, 6) is 0.232. The van der Waals surface area contributed by atoms with Crippen LogP contribution >= 0.6 is 0 Å². The Morgan fingerprint density at radius 2 is 2.22 bits per heavy atom. The largest absolute Gasteiger partial charge is 0.381 e. The van der Waals surface area contributed by atoms with Crippen LogP contribution in [0.1, 0.15) is 34.1 Å². The molecular weight excluding hydrogens is 344 g/mol. The second kappa shape index (κ2) is 6.85.